The van der Waals surface area contributed by atoms with E-state index in [-0.39, 0.29) is 11.8 Å². The third-order valence-electron chi connectivity index (χ3n) is 4.88. The van der Waals surface area contributed by atoms with Gasteiger partial charge in [0.15, 0.2) is 0 Å². The predicted molar refractivity (Wildman–Crippen MR) is 109 cm³/mol. The lowest BCUT2D eigenvalue weighted by molar-refractivity contribution is 0.0986. The first kappa shape index (κ1) is 17.8. The van der Waals surface area contributed by atoms with Gasteiger partial charge < -0.3 is 15.0 Å². The van der Waals surface area contributed by atoms with Crippen LogP contribution in [-0.4, -0.2) is 25.5 Å². The Morgan fingerprint density at radius 3 is 2.36 bits per heavy atom. The zero-order valence-electron chi connectivity index (χ0n) is 15.5. The molecule has 1 N–H and O–H groups in total. The summed E-state index contributed by atoms with van der Waals surface area (Å²) in [6.07, 6.45) is 0.862. The Morgan fingerprint density at radius 2 is 1.57 bits per heavy atom. The second kappa shape index (κ2) is 7.56. The fourth-order valence-corrected chi connectivity index (χ4v) is 3.41. The number of carbonyl (C=O) groups is 2. The Hall–Kier alpha value is -3.60. The summed E-state index contributed by atoms with van der Waals surface area (Å²) in [6, 6.07) is 21.9. The molecule has 1 heterocycles. The summed E-state index contributed by atoms with van der Waals surface area (Å²) in [5.74, 6) is 0.284. The maximum Gasteiger partial charge on any atom is 0.258 e. The Labute approximate surface area is 163 Å². The van der Waals surface area contributed by atoms with Crippen LogP contribution >= 0.6 is 0 Å². The van der Waals surface area contributed by atoms with Crippen LogP contribution in [0.15, 0.2) is 72.8 Å². The number of hydrogen-bond acceptors (Lipinski definition) is 3. The zero-order valence-corrected chi connectivity index (χ0v) is 15.5. The number of nitrogens with zero attached hydrogens (tertiary/aromatic N) is 1. The highest BCUT2D eigenvalue weighted by Crippen LogP contribution is 2.29. The fourth-order valence-electron chi connectivity index (χ4n) is 3.41. The average molecular weight is 372 g/mol. The molecule has 0 radical (unpaired) electrons. The van der Waals surface area contributed by atoms with Gasteiger partial charge in [-0.05, 0) is 54.4 Å². The molecule has 0 fully saturated rings. The summed E-state index contributed by atoms with van der Waals surface area (Å²) in [6.45, 7) is 0.675. The van der Waals surface area contributed by atoms with Crippen LogP contribution in [0.3, 0.4) is 0 Å². The van der Waals surface area contributed by atoms with Crippen molar-refractivity contribution in [2.45, 2.75) is 6.42 Å². The van der Waals surface area contributed by atoms with Crippen molar-refractivity contribution >= 4 is 23.2 Å². The summed E-state index contributed by atoms with van der Waals surface area (Å²) < 4.78 is 5.25. The number of ether oxygens (including phenoxy) is 1. The van der Waals surface area contributed by atoms with Crippen molar-refractivity contribution in [3.8, 4) is 5.75 Å². The molecule has 0 aliphatic carbocycles. The zero-order chi connectivity index (χ0) is 19.5. The lowest BCUT2D eigenvalue weighted by Crippen LogP contribution is -2.28. The van der Waals surface area contributed by atoms with Gasteiger partial charge in [0.05, 0.1) is 12.8 Å². The molecular formula is C23H20N2O3. The molecule has 0 spiro atoms. The highest BCUT2D eigenvalue weighted by molar-refractivity contribution is 6.09. The van der Waals surface area contributed by atoms with Crippen molar-refractivity contribution in [3.63, 3.8) is 0 Å². The van der Waals surface area contributed by atoms with Gasteiger partial charge in [-0.15, -0.1) is 0 Å². The smallest absolute Gasteiger partial charge is 0.258 e. The van der Waals surface area contributed by atoms with E-state index in [0.717, 1.165) is 12.1 Å². The molecule has 0 saturated carbocycles. The van der Waals surface area contributed by atoms with E-state index in [2.05, 4.69) is 5.32 Å². The van der Waals surface area contributed by atoms with Crippen molar-refractivity contribution < 1.29 is 14.3 Å². The van der Waals surface area contributed by atoms with Crippen LogP contribution in [0.25, 0.3) is 0 Å². The van der Waals surface area contributed by atoms with E-state index in [4.69, 9.17) is 4.74 Å². The van der Waals surface area contributed by atoms with Crippen molar-refractivity contribution in [2.24, 2.45) is 0 Å². The van der Waals surface area contributed by atoms with Crippen LogP contribution in [0.1, 0.15) is 26.3 Å². The number of rotatable bonds is 4. The van der Waals surface area contributed by atoms with Crippen LogP contribution in [0.2, 0.25) is 0 Å². The molecule has 2 amide bonds. The lowest BCUT2D eigenvalue weighted by Gasteiger charge is -2.17. The summed E-state index contributed by atoms with van der Waals surface area (Å²) >= 11 is 0. The SMILES string of the molecule is COc1ccccc1NC(=O)c1ccc(C(=O)N2CCc3ccccc32)cc1. The van der Waals surface area contributed by atoms with Gasteiger partial charge in [0.2, 0.25) is 0 Å². The number of para-hydroxylation sites is 3. The minimum absolute atomic E-state index is 0.0540. The molecule has 0 saturated heterocycles. The van der Waals surface area contributed by atoms with Gasteiger partial charge in [0.25, 0.3) is 11.8 Å². The number of methoxy groups -OCH3 is 1. The van der Waals surface area contributed by atoms with Gasteiger partial charge in [-0.25, -0.2) is 0 Å². The second-order valence-electron chi connectivity index (χ2n) is 6.57. The Bertz CT molecular complexity index is 1030. The minimum Gasteiger partial charge on any atom is -0.495 e. The van der Waals surface area contributed by atoms with Crippen molar-refractivity contribution in [3.05, 3.63) is 89.5 Å². The first-order valence-electron chi connectivity index (χ1n) is 9.11. The molecular weight excluding hydrogens is 352 g/mol. The van der Waals surface area contributed by atoms with Crippen LogP contribution in [0.4, 0.5) is 11.4 Å². The first-order chi connectivity index (χ1) is 13.7. The Balaban J connectivity index is 1.50. The summed E-state index contributed by atoms with van der Waals surface area (Å²) in [4.78, 5) is 27.2. The number of nitrogens with one attached hydrogen (secondary N) is 1. The highest BCUT2D eigenvalue weighted by Gasteiger charge is 2.25. The molecule has 0 bridgehead atoms. The van der Waals surface area contributed by atoms with Crippen LogP contribution in [0.5, 0.6) is 5.75 Å². The third kappa shape index (κ3) is 3.34. The molecule has 4 rings (SSSR count). The van der Waals surface area contributed by atoms with Gasteiger partial charge in [-0.1, -0.05) is 30.3 Å². The lowest BCUT2D eigenvalue weighted by atomic mass is 10.1. The summed E-state index contributed by atoms with van der Waals surface area (Å²) in [5.41, 5.74) is 3.78. The van der Waals surface area contributed by atoms with Crippen LogP contribution in [-0.2, 0) is 6.42 Å². The van der Waals surface area contributed by atoms with Gasteiger partial charge in [0.1, 0.15) is 5.75 Å². The van der Waals surface area contributed by atoms with E-state index in [1.165, 1.54) is 5.56 Å². The number of hydrogen-bond donors (Lipinski definition) is 1. The number of fused-ring (bicyclic) bond motifs is 1. The number of anilines is 2. The third-order valence-corrected chi connectivity index (χ3v) is 4.88. The van der Waals surface area contributed by atoms with Crippen molar-refractivity contribution in [1.29, 1.82) is 0 Å². The Kier molecular flexibility index (Phi) is 4.81. The second-order valence-corrected chi connectivity index (χ2v) is 6.57. The van der Waals surface area contributed by atoms with Crippen LogP contribution in [0, 0.1) is 0 Å². The standard InChI is InChI=1S/C23H20N2O3/c1-28-21-9-5-3-7-19(21)24-22(26)17-10-12-18(13-11-17)23(27)25-15-14-16-6-2-4-8-20(16)25/h2-13H,14-15H2,1H3,(H,24,26). The van der Waals surface area contributed by atoms with Gasteiger partial charge >= 0.3 is 0 Å². The van der Waals surface area contributed by atoms with Gasteiger partial charge in [-0.2, -0.15) is 0 Å². The van der Waals surface area contributed by atoms with Crippen molar-refractivity contribution in [1.82, 2.24) is 0 Å². The molecule has 3 aromatic rings. The normalized spacial score (nSPS) is 12.4. The molecule has 1 aliphatic heterocycles. The first-order valence-corrected chi connectivity index (χ1v) is 9.11. The molecule has 3 aromatic carbocycles. The largest absolute Gasteiger partial charge is 0.495 e. The predicted octanol–water partition coefficient (Wildman–Crippen LogP) is 4.15. The maximum absolute atomic E-state index is 12.9. The topological polar surface area (TPSA) is 58.6 Å². The maximum atomic E-state index is 12.9. The molecule has 0 unspecified atom stereocenters. The summed E-state index contributed by atoms with van der Waals surface area (Å²) in [5, 5.41) is 2.84. The fraction of sp³-hybridized carbons (Fsp3) is 0.130. The number of amides is 2. The Morgan fingerprint density at radius 1 is 0.893 bits per heavy atom. The highest BCUT2D eigenvalue weighted by atomic mass is 16.5. The number of benzene rings is 3. The van der Waals surface area contributed by atoms with E-state index in [0.29, 0.717) is 29.1 Å². The van der Waals surface area contributed by atoms with E-state index in [9.17, 15) is 9.59 Å². The van der Waals surface area contributed by atoms with Gasteiger partial charge in [-0.3, -0.25) is 9.59 Å². The minimum atomic E-state index is -0.255. The molecule has 28 heavy (non-hydrogen) atoms. The van der Waals surface area contributed by atoms with Crippen LogP contribution < -0.4 is 15.0 Å². The molecule has 5 heteroatoms. The van der Waals surface area contributed by atoms with Crippen molar-refractivity contribution in [2.75, 3.05) is 23.9 Å². The quantitative estimate of drug-likeness (QED) is 0.748. The van der Waals surface area contributed by atoms with E-state index < -0.39 is 0 Å². The molecule has 0 atom stereocenters. The molecule has 5 nitrogen and oxygen atoms in total. The van der Waals surface area contributed by atoms with Gasteiger partial charge in [0, 0.05) is 23.4 Å². The number of carbonyl (C=O) groups excluding carboxylic acids is 2. The van der Waals surface area contributed by atoms with E-state index in [1.807, 2.05) is 36.4 Å². The monoisotopic (exact) mass is 372 g/mol. The van der Waals surface area contributed by atoms with E-state index in [1.54, 1.807) is 48.4 Å². The molecule has 1 aliphatic rings. The van der Waals surface area contributed by atoms with E-state index >= 15 is 0 Å². The molecule has 0 aromatic heterocycles. The average Bonchev–Trinajstić information content (AvgIpc) is 3.18. The summed E-state index contributed by atoms with van der Waals surface area (Å²) in [7, 11) is 1.56. The molecule has 140 valence electrons.